The predicted molar refractivity (Wildman–Crippen MR) is 55.7 cm³/mol. The second kappa shape index (κ2) is 3.57. The molecule has 0 aromatic heterocycles. The standard InChI is InChI=1S/C12H15/c1-12(2,3)10-9-11-7-5-4-6-8-11/h4-10H,1H2,2-3H3/p+1. The summed E-state index contributed by atoms with van der Waals surface area (Å²) in [6.45, 7) is 8.18. The highest BCUT2D eigenvalue weighted by Gasteiger charge is 2.02. The van der Waals surface area contributed by atoms with Crippen LogP contribution in [0, 0.1) is 12.3 Å². The Kier molecular flexibility index (Phi) is 2.69. The van der Waals surface area contributed by atoms with Gasteiger partial charge in [0, 0.05) is 0 Å². The molecule has 0 fully saturated rings. The molecule has 0 spiro atoms. The van der Waals surface area contributed by atoms with E-state index >= 15 is 0 Å². The molecule has 0 heterocycles. The van der Waals surface area contributed by atoms with Crippen LogP contribution < -0.4 is 0 Å². The molecule has 0 atom stereocenters. The lowest BCUT2D eigenvalue weighted by Crippen LogP contribution is -1.98. The Labute approximate surface area is 76.4 Å². The summed E-state index contributed by atoms with van der Waals surface area (Å²) in [6, 6.07) is 10.3. The summed E-state index contributed by atoms with van der Waals surface area (Å²) in [7, 11) is 0. The zero-order valence-corrected chi connectivity index (χ0v) is 7.75. The van der Waals surface area contributed by atoms with Crippen molar-refractivity contribution in [3.05, 3.63) is 48.9 Å². The first-order valence-electron chi connectivity index (χ1n) is 4.17. The van der Waals surface area contributed by atoms with E-state index in [0.29, 0.717) is 0 Å². The van der Waals surface area contributed by atoms with Gasteiger partial charge in [0.2, 0.25) is 0 Å². The Morgan fingerprint density at radius 3 is 2.33 bits per heavy atom. The van der Waals surface area contributed by atoms with E-state index in [1.165, 1.54) is 5.56 Å². The summed E-state index contributed by atoms with van der Waals surface area (Å²) in [5, 5.41) is 0. The van der Waals surface area contributed by atoms with Crippen molar-refractivity contribution in [2.45, 2.75) is 13.8 Å². The lowest BCUT2D eigenvalue weighted by atomic mass is 9.95. The Balaban J connectivity index is 0.00000144. The van der Waals surface area contributed by atoms with E-state index in [9.17, 15) is 0 Å². The van der Waals surface area contributed by atoms with Gasteiger partial charge in [0.15, 0.2) is 0 Å². The quantitative estimate of drug-likeness (QED) is 0.619. The van der Waals surface area contributed by atoms with Gasteiger partial charge in [-0.1, -0.05) is 56.3 Å². The SMILES string of the molecule is [CH2]C(C)(C)C=Cc1ccccc1.[H+]. The van der Waals surface area contributed by atoms with E-state index < -0.39 is 0 Å². The molecule has 0 amide bonds. The molecule has 0 bridgehead atoms. The van der Waals surface area contributed by atoms with E-state index in [1.807, 2.05) is 18.2 Å². The lowest BCUT2D eigenvalue weighted by molar-refractivity contribution is 0.624. The van der Waals surface area contributed by atoms with Crippen LogP contribution in [-0.2, 0) is 0 Å². The molecule has 0 heteroatoms. The second-order valence-corrected chi connectivity index (χ2v) is 3.73. The fourth-order valence-electron chi connectivity index (χ4n) is 0.886. The molecule has 0 N–H and O–H groups in total. The van der Waals surface area contributed by atoms with E-state index in [2.05, 4.69) is 45.1 Å². The number of benzene rings is 1. The van der Waals surface area contributed by atoms with Crippen LogP contribution in [0.25, 0.3) is 6.08 Å². The van der Waals surface area contributed by atoms with Crippen LogP contribution in [-0.4, -0.2) is 0 Å². The van der Waals surface area contributed by atoms with Crippen molar-refractivity contribution in [3.8, 4) is 0 Å². The molecular weight excluding hydrogens is 144 g/mol. The number of hydrogen-bond donors (Lipinski definition) is 0. The minimum absolute atomic E-state index is 0. The molecule has 63 valence electrons. The van der Waals surface area contributed by atoms with Gasteiger partial charge in [-0.3, -0.25) is 0 Å². The maximum Gasteiger partial charge on any atom is 1.00 e. The van der Waals surface area contributed by atoms with Gasteiger partial charge in [-0.05, 0) is 17.9 Å². The van der Waals surface area contributed by atoms with Gasteiger partial charge in [-0.15, -0.1) is 0 Å². The van der Waals surface area contributed by atoms with E-state index in [0.717, 1.165) is 0 Å². The van der Waals surface area contributed by atoms with Crippen molar-refractivity contribution in [1.29, 1.82) is 0 Å². The molecule has 0 aliphatic carbocycles. The first kappa shape index (κ1) is 9.05. The van der Waals surface area contributed by atoms with Crippen LogP contribution in [0.1, 0.15) is 20.8 Å². The first-order chi connectivity index (χ1) is 5.58. The summed E-state index contributed by atoms with van der Waals surface area (Å²) in [5.74, 6) is 0. The van der Waals surface area contributed by atoms with Gasteiger partial charge in [-0.2, -0.15) is 0 Å². The molecule has 0 unspecified atom stereocenters. The molecule has 1 rings (SSSR count). The highest BCUT2D eigenvalue weighted by atomic mass is 14.1. The highest BCUT2D eigenvalue weighted by molar-refractivity contribution is 5.49. The van der Waals surface area contributed by atoms with E-state index in [4.69, 9.17) is 0 Å². The average molecular weight is 160 g/mol. The summed E-state index contributed by atoms with van der Waals surface area (Å²) in [5.41, 5.74) is 1.25. The minimum Gasteiger partial charge on any atom is -0.0783 e. The molecule has 1 radical (unpaired) electrons. The molecule has 1 aromatic rings. The normalized spacial score (nSPS) is 12.2. The molecule has 0 aliphatic heterocycles. The largest absolute Gasteiger partial charge is 1.00 e. The summed E-state index contributed by atoms with van der Waals surface area (Å²) in [4.78, 5) is 0. The van der Waals surface area contributed by atoms with Crippen molar-refractivity contribution >= 4 is 6.08 Å². The molecule has 1 aromatic carbocycles. The van der Waals surface area contributed by atoms with Crippen molar-refractivity contribution in [1.82, 2.24) is 0 Å². The van der Waals surface area contributed by atoms with Gasteiger partial charge in [-0.25, -0.2) is 0 Å². The Hall–Kier alpha value is -1.04. The van der Waals surface area contributed by atoms with Gasteiger partial charge in [0.25, 0.3) is 0 Å². The average Bonchev–Trinajstić information content (AvgIpc) is 2.02. The maximum atomic E-state index is 4.00. The maximum absolute atomic E-state index is 4.00. The third-order valence-corrected chi connectivity index (χ3v) is 1.53. The minimum atomic E-state index is 0. The number of rotatable bonds is 2. The first-order valence-corrected chi connectivity index (χ1v) is 4.17. The molecule has 0 nitrogen and oxygen atoms in total. The van der Waals surface area contributed by atoms with Crippen LogP contribution in [0.2, 0.25) is 0 Å². The monoisotopic (exact) mass is 160 g/mol. The number of hydrogen-bond acceptors (Lipinski definition) is 0. The van der Waals surface area contributed by atoms with Crippen LogP contribution in [0.4, 0.5) is 0 Å². The van der Waals surface area contributed by atoms with Gasteiger partial charge < -0.3 is 0 Å². The summed E-state index contributed by atoms with van der Waals surface area (Å²) >= 11 is 0. The van der Waals surface area contributed by atoms with E-state index in [-0.39, 0.29) is 6.84 Å². The second-order valence-electron chi connectivity index (χ2n) is 3.73. The molecule has 0 saturated carbocycles. The van der Waals surface area contributed by atoms with E-state index in [1.54, 1.807) is 0 Å². The van der Waals surface area contributed by atoms with Crippen molar-refractivity contribution in [3.63, 3.8) is 0 Å². The van der Waals surface area contributed by atoms with Crippen molar-refractivity contribution in [2.75, 3.05) is 0 Å². The smallest absolute Gasteiger partial charge is 0.0783 e. The predicted octanol–water partition coefficient (Wildman–Crippen LogP) is 3.67. The van der Waals surface area contributed by atoms with Crippen LogP contribution in [0.15, 0.2) is 36.4 Å². The third kappa shape index (κ3) is 3.38. The van der Waals surface area contributed by atoms with Crippen LogP contribution in [0.3, 0.4) is 0 Å². The highest BCUT2D eigenvalue weighted by Crippen LogP contribution is 2.16. The zero-order valence-electron chi connectivity index (χ0n) is 8.75. The van der Waals surface area contributed by atoms with Gasteiger partial charge >= 0.3 is 1.43 Å². The number of allylic oxidation sites excluding steroid dienone is 1. The van der Waals surface area contributed by atoms with Gasteiger partial charge in [0.05, 0.1) is 0 Å². The van der Waals surface area contributed by atoms with Crippen molar-refractivity contribution in [2.24, 2.45) is 5.41 Å². The lowest BCUT2D eigenvalue weighted by Gasteiger charge is -2.10. The zero-order chi connectivity index (χ0) is 9.03. The van der Waals surface area contributed by atoms with Crippen molar-refractivity contribution < 1.29 is 1.43 Å². The summed E-state index contributed by atoms with van der Waals surface area (Å²) < 4.78 is 0. The Morgan fingerprint density at radius 2 is 1.83 bits per heavy atom. The Bertz CT molecular complexity index is 254. The topological polar surface area (TPSA) is 0 Å². The molecule has 12 heavy (non-hydrogen) atoms. The molecular formula is C12H16+. The third-order valence-electron chi connectivity index (χ3n) is 1.53. The fraction of sp³-hybridized carbons (Fsp3) is 0.250. The summed E-state index contributed by atoms with van der Waals surface area (Å²) in [6.07, 6.45) is 4.22. The molecule has 0 aliphatic rings. The van der Waals surface area contributed by atoms with Crippen LogP contribution in [0.5, 0.6) is 0 Å². The molecule has 0 saturated heterocycles. The van der Waals surface area contributed by atoms with Crippen LogP contribution >= 0.6 is 0 Å². The Morgan fingerprint density at radius 1 is 1.25 bits per heavy atom. The fourth-order valence-corrected chi connectivity index (χ4v) is 0.886. The van der Waals surface area contributed by atoms with Gasteiger partial charge in [0.1, 0.15) is 0 Å².